The maximum Gasteiger partial charge on any atom is 0.306 e. The van der Waals surface area contributed by atoms with Crippen molar-refractivity contribution in [1.82, 2.24) is 10.2 Å². The minimum absolute atomic E-state index is 0.116. The standard InChI is InChI=1S/C15H26N2O2/c1-17-13-5-6-14(17)9-12(8-13)16-11-4-2-3-10(7-11)15(18)19/h10-14,16H,2-9H2,1H3,(H,18,19). The van der Waals surface area contributed by atoms with Crippen LogP contribution in [-0.2, 0) is 4.79 Å². The molecular weight excluding hydrogens is 240 g/mol. The molecule has 2 saturated heterocycles. The minimum atomic E-state index is -0.602. The van der Waals surface area contributed by atoms with Crippen LogP contribution in [0.25, 0.3) is 0 Å². The van der Waals surface area contributed by atoms with Crippen molar-refractivity contribution in [3.05, 3.63) is 0 Å². The summed E-state index contributed by atoms with van der Waals surface area (Å²) in [6.45, 7) is 0. The molecule has 4 heteroatoms. The number of carbonyl (C=O) groups is 1. The molecule has 4 unspecified atom stereocenters. The van der Waals surface area contributed by atoms with Crippen LogP contribution in [0.1, 0.15) is 51.4 Å². The van der Waals surface area contributed by atoms with Gasteiger partial charge in [0.25, 0.3) is 0 Å². The maximum atomic E-state index is 11.1. The first kappa shape index (κ1) is 13.4. The van der Waals surface area contributed by atoms with Gasteiger partial charge in [-0.15, -0.1) is 0 Å². The monoisotopic (exact) mass is 266 g/mol. The first-order valence-electron chi connectivity index (χ1n) is 7.84. The van der Waals surface area contributed by atoms with Crippen LogP contribution in [0.3, 0.4) is 0 Å². The van der Waals surface area contributed by atoms with Gasteiger partial charge < -0.3 is 15.3 Å². The Morgan fingerprint density at radius 1 is 1.05 bits per heavy atom. The van der Waals surface area contributed by atoms with Gasteiger partial charge >= 0.3 is 5.97 Å². The van der Waals surface area contributed by atoms with E-state index in [1.807, 2.05) is 0 Å². The summed E-state index contributed by atoms with van der Waals surface area (Å²) in [5, 5.41) is 12.9. The predicted molar refractivity (Wildman–Crippen MR) is 74.1 cm³/mol. The van der Waals surface area contributed by atoms with E-state index in [0.717, 1.165) is 37.8 Å². The first-order valence-corrected chi connectivity index (χ1v) is 7.84. The molecule has 2 heterocycles. The Morgan fingerprint density at radius 3 is 2.37 bits per heavy atom. The second-order valence-corrected chi connectivity index (χ2v) is 6.78. The highest BCUT2D eigenvalue weighted by Crippen LogP contribution is 2.35. The number of piperidine rings is 1. The number of carboxylic acid groups (broad SMARTS) is 1. The van der Waals surface area contributed by atoms with Crippen molar-refractivity contribution in [2.45, 2.75) is 75.5 Å². The lowest BCUT2D eigenvalue weighted by Crippen LogP contribution is -2.51. The Labute approximate surface area is 115 Å². The number of aliphatic carboxylic acids is 1. The van der Waals surface area contributed by atoms with Crippen molar-refractivity contribution in [2.24, 2.45) is 5.92 Å². The number of hydrogen-bond donors (Lipinski definition) is 2. The molecule has 19 heavy (non-hydrogen) atoms. The van der Waals surface area contributed by atoms with E-state index in [9.17, 15) is 4.79 Å². The van der Waals surface area contributed by atoms with Gasteiger partial charge in [0.2, 0.25) is 0 Å². The largest absolute Gasteiger partial charge is 0.481 e. The lowest BCUT2D eigenvalue weighted by molar-refractivity contribution is -0.143. The SMILES string of the molecule is CN1C2CCC1CC(NC1CCCC(C(=O)O)C1)C2. The Balaban J connectivity index is 1.53. The van der Waals surface area contributed by atoms with Gasteiger partial charge in [-0.2, -0.15) is 0 Å². The Morgan fingerprint density at radius 2 is 1.74 bits per heavy atom. The first-order chi connectivity index (χ1) is 9.13. The van der Waals surface area contributed by atoms with E-state index >= 15 is 0 Å². The van der Waals surface area contributed by atoms with Crippen LogP contribution in [0.15, 0.2) is 0 Å². The van der Waals surface area contributed by atoms with Gasteiger partial charge in [0.1, 0.15) is 0 Å². The van der Waals surface area contributed by atoms with E-state index in [1.54, 1.807) is 0 Å². The van der Waals surface area contributed by atoms with E-state index in [0.29, 0.717) is 12.1 Å². The van der Waals surface area contributed by atoms with Gasteiger partial charge in [-0.1, -0.05) is 6.42 Å². The molecule has 3 aliphatic rings. The smallest absolute Gasteiger partial charge is 0.306 e. The zero-order valence-corrected chi connectivity index (χ0v) is 11.8. The molecule has 0 aromatic heterocycles. The summed E-state index contributed by atoms with van der Waals surface area (Å²) < 4.78 is 0. The normalized spacial score (nSPS) is 43.3. The zero-order valence-electron chi connectivity index (χ0n) is 11.8. The molecule has 0 radical (unpaired) electrons. The van der Waals surface area contributed by atoms with Crippen LogP contribution < -0.4 is 5.32 Å². The van der Waals surface area contributed by atoms with E-state index in [1.165, 1.54) is 25.7 Å². The lowest BCUT2D eigenvalue weighted by atomic mass is 9.84. The molecule has 3 fully saturated rings. The number of nitrogens with zero attached hydrogens (tertiary/aromatic N) is 1. The van der Waals surface area contributed by atoms with Crippen LogP contribution in [0, 0.1) is 5.92 Å². The lowest BCUT2D eigenvalue weighted by Gasteiger charge is -2.39. The Kier molecular flexibility index (Phi) is 3.81. The van der Waals surface area contributed by atoms with Crippen molar-refractivity contribution >= 4 is 5.97 Å². The van der Waals surface area contributed by atoms with Crippen molar-refractivity contribution in [3.63, 3.8) is 0 Å². The number of nitrogens with one attached hydrogen (secondary N) is 1. The van der Waals surface area contributed by atoms with Crippen molar-refractivity contribution < 1.29 is 9.90 Å². The average molecular weight is 266 g/mol. The quantitative estimate of drug-likeness (QED) is 0.818. The average Bonchev–Trinajstić information content (AvgIpc) is 2.63. The summed E-state index contributed by atoms with van der Waals surface area (Å²) in [6.07, 6.45) is 9.12. The van der Waals surface area contributed by atoms with Crippen LogP contribution in [-0.4, -0.2) is 47.2 Å². The molecule has 0 spiro atoms. The molecule has 1 saturated carbocycles. The second-order valence-electron chi connectivity index (χ2n) is 6.78. The number of fused-ring (bicyclic) bond motifs is 2. The van der Waals surface area contributed by atoms with Crippen LogP contribution in [0.4, 0.5) is 0 Å². The summed E-state index contributed by atoms with van der Waals surface area (Å²) in [5.41, 5.74) is 0. The summed E-state index contributed by atoms with van der Waals surface area (Å²) in [7, 11) is 2.26. The summed E-state index contributed by atoms with van der Waals surface area (Å²) in [4.78, 5) is 13.7. The van der Waals surface area contributed by atoms with Crippen LogP contribution in [0.2, 0.25) is 0 Å². The zero-order chi connectivity index (χ0) is 13.4. The van der Waals surface area contributed by atoms with Gasteiger partial charge in [-0.25, -0.2) is 0 Å². The third-order valence-corrected chi connectivity index (χ3v) is 5.59. The van der Waals surface area contributed by atoms with E-state index in [-0.39, 0.29) is 5.92 Å². The van der Waals surface area contributed by atoms with Gasteiger partial charge in [0.05, 0.1) is 5.92 Å². The van der Waals surface area contributed by atoms with Crippen molar-refractivity contribution in [2.75, 3.05) is 7.05 Å². The molecule has 2 N–H and O–H groups in total. The molecule has 2 aliphatic heterocycles. The number of carboxylic acids is 1. The van der Waals surface area contributed by atoms with E-state index in [4.69, 9.17) is 5.11 Å². The van der Waals surface area contributed by atoms with E-state index in [2.05, 4.69) is 17.3 Å². The summed E-state index contributed by atoms with van der Waals surface area (Å²) >= 11 is 0. The molecular formula is C15H26N2O2. The molecule has 4 atom stereocenters. The van der Waals surface area contributed by atoms with Gasteiger partial charge in [-0.05, 0) is 52.0 Å². The Bertz CT molecular complexity index is 333. The minimum Gasteiger partial charge on any atom is -0.481 e. The molecule has 108 valence electrons. The highest BCUT2D eigenvalue weighted by molar-refractivity contribution is 5.70. The summed E-state index contributed by atoms with van der Waals surface area (Å²) in [6, 6.07) is 2.57. The highest BCUT2D eigenvalue weighted by Gasteiger charge is 2.39. The highest BCUT2D eigenvalue weighted by atomic mass is 16.4. The van der Waals surface area contributed by atoms with Gasteiger partial charge in [-0.3, -0.25) is 4.79 Å². The van der Waals surface area contributed by atoms with Crippen LogP contribution in [0.5, 0.6) is 0 Å². The molecule has 1 aliphatic carbocycles. The van der Waals surface area contributed by atoms with Crippen molar-refractivity contribution in [3.8, 4) is 0 Å². The molecule has 3 rings (SSSR count). The second kappa shape index (κ2) is 5.41. The predicted octanol–water partition coefficient (Wildman–Crippen LogP) is 1.84. The number of hydrogen-bond acceptors (Lipinski definition) is 3. The topological polar surface area (TPSA) is 52.6 Å². The molecule has 4 nitrogen and oxygen atoms in total. The van der Waals surface area contributed by atoms with Crippen LogP contribution >= 0.6 is 0 Å². The fraction of sp³-hybridized carbons (Fsp3) is 0.933. The fourth-order valence-electron chi connectivity index (χ4n) is 4.45. The summed E-state index contributed by atoms with van der Waals surface area (Å²) in [5.74, 6) is -0.718. The number of rotatable bonds is 3. The van der Waals surface area contributed by atoms with Gasteiger partial charge in [0.15, 0.2) is 0 Å². The molecule has 0 aromatic carbocycles. The van der Waals surface area contributed by atoms with Crippen molar-refractivity contribution in [1.29, 1.82) is 0 Å². The molecule has 2 bridgehead atoms. The maximum absolute atomic E-state index is 11.1. The third kappa shape index (κ3) is 2.79. The third-order valence-electron chi connectivity index (χ3n) is 5.59. The van der Waals surface area contributed by atoms with Gasteiger partial charge in [0, 0.05) is 24.2 Å². The molecule has 0 amide bonds. The van der Waals surface area contributed by atoms with E-state index < -0.39 is 5.97 Å². The fourth-order valence-corrected chi connectivity index (χ4v) is 4.45. The Hall–Kier alpha value is -0.610. The molecule has 0 aromatic rings.